The number of carbonyl (C=O) groups is 1. The largest absolute Gasteiger partial charge is 0.351 e. The van der Waals surface area contributed by atoms with E-state index in [-0.39, 0.29) is 5.91 Å². The SMILES string of the molecule is Cn1cc2c(n1)C(=O)NCCC2. The molecule has 2 heterocycles. The highest BCUT2D eigenvalue weighted by atomic mass is 16.1. The van der Waals surface area contributed by atoms with Crippen LogP contribution in [0.25, 0.3) is 0 Å². The van der Waals surface area contributed by atoms with Crippen molar-refractivity contribution < 1.29 is 4.79 Å². The number of carbonyl (C=O) groups excluding carboxylic acids is 1. The Morgan fingerprint density at radius 3 is 3.33 bits per heavy atom. The first-order chi connectivity index (χ1) is 5.77. The van der Waals surface area contributed by atoms with E-state index < -0.39 is 0 Å². The van der Waals surface area contributed by atoms with Crippen molar-refractivity contribution in [3.63, 3.8) is 0 Å². The Kier molecular flexibility index (Phi) is 1.60. The molecule has 1 aliphatic heterocycles. The fourth-order valence-corrected chi connectivity index (χ4v) is 1.48. The van der Waals surface area contributed by atoms with E-state index in [0.717, 1.165) is 24.9 Å². The molecule has 0 radical (unpaired) electrons. The first kappa shape index (κ1) is 7.34. The molecule has 0 unspecified atom stereocenters. The number of hydrogen-bond acceptors (Lipinski definition) is 2. The summed E-state index contributed by atoms with van der Waals surface area (Å²) < 4.78 is 1.69. The molecule has 1 aromatic heterocycles. The Hall–Kier alpha value is -1.32. The number of amides is 1. The van der Waals surface area contributed by atoms with E-state index in [1.54, 1.807) is 4.68 Å². The van der Waals surface area contributed by atoms with Gasteiger partial charge in [-0.2, -0.15) is 5.10 Å². The number of aryl methyl sites for hydroxylation is 2. The number of nitrogens with zero attached hydrogens (tertiary/aromatic N) is 2. The zero-order chi connectivity index (χ0) is 8.55. The fraction of sp³-hybridized carbons (Fsp3) is 0.500. The number of nitrogens with one attached hydrogen (secondary N) is 1. The van der Waals surface area contributed by atoms with Crippen molar-refractivity contribution in [2.24, 2.45) is 7.05 Å². The van der Waals surface area contributed by atoms with Crippen LogP contribution in [-0.2, 0) is 13.5 Å². The average molecular weight is 165 g/mol. The van der Waals surface area contributed by atoms with E-state index >= 15 is 0 Å². The van der Waals surface area contributed by atoms with Crippen LogP contribution < -0.4 is 5.32 Å². The van der Waals surface area contributed by atoms with Crippen LogP contribution in [-0.4, -0.2) is 22.2 Å². The van der Waals surface area contributed by atoms with Gasteiger partial charge in [-0.15, -0.1) is 0 Å². The number of fused-ring (bicyclic) bond motifs is 1. The van der Waals surface area contributed by atoms with Crippen molar-refractivity contribution in [1.82, 2.24) is 15.1 Å². The minimum Gasteiger partial charge on any atom is -0.351 e. The highest BCUT2D eigenvalue weighted by molar-refractivity contribution is 5.93. The van der Waals surface area contributed by atoms with E-state index in [1.807, 2.05) is 13.2 Å². The van der Waals surface area contributed by atoms with Crippen molar-refractivity contribution in [3.8, 4) is 0 Å². The van der Waals surface area contributed by atoms with Crippen LogP contribution in [0.3, 0.4) is 0 Å². The fourth-order valence-electron chi connectivity index (χ4n) is 1.48. The first-order valence-electron chi connectivity index (χ1n) is 4.08. The third-order valence-electron chi connectivity index (χ3n) is 2.03. The summed E-state index contributed by atoms with van der Waals surface area (Å²) in [6, 6.07) is 0. The second kappa shape index (κ2) is 2.62. The average Bonchev–Trinajstić information content (AvgIpc) is 2.33. The molecule has 64 valence electrons. The van der Waals surface area contributed by atoms with E-state index in [4.69, 9.17) is 0 Å². The van der Waals surface area contributed by atoms with Crippen molar-refractivity contribution >= 4 is 5.91 Å². The standard InChI is InChI=1S/C8H11N3O/c1-11-5-6-3-2-4-9-8(12)7(6)10-11/h5H,2-4H2,1H3,(H,9,12). The molecule has 0 saturated carbocycles. The van der Waals surface area contributed by atoms with Crippen LogP contribution in [0, 0.1) is 0 Å². The molecule has 4 heteroatoms. The lowest BCUT2D eigenvalue weighted by atomic mass is 10.1. The Morgan fingerprint density at radius 2 is 2.50 bits per heavy atom. The van der Waals surface area contributed by atoms with E-state index in [1.165, 1.54) is 0 Å². The van der Waals surface area contributed by atoms with Gasteiger partial charge in [-0.25, -0.2) is 0 Å². The van der Waals surface area contributed by atoms with E-state index in [0.29, 0.717) is 5.69 Å². The van der Waals surface area contributed by atoms with E-state index in [9.17, 15) is 4.79 Å². The second-order valence-electron chi connectivity index (χ2n) is 3.04. The molecule has 4 nitrogen and oxygen atoms in total. The number of rotatable bonds is 0. The molecule has 0 atom stereocenters. The summed E-state index contributed by atoms with van der Waals surface area (Å²) in [5.74, 6) is -0.0388. The molecule has 0 saturated heterocycles. The monoisotopic (exact) mass is 165 g/mol. The summed E-state index contributed by atoms with van der Waals surface area (Å²) in [6.07, 6.45) is 3.87. The van der Waals surface area contributed by atoms with Gasteiger partial charge < -0.3 is 5.32 Å². The van der Waals surface area contributed by atoms with E-state index in [2.05, 4.69) is 10.4 Å². The predicted molar refractivity (Wildman–Crippen MR) is 43.9 cm³/mol. The third-order valence-corrected chi connectivity index (χ3v) is 2.03. The minimum absolute atomic E-state index is 0.0388. The molecule has 1 aromatic rings. The molecule has 1 aliphatic rings. The number of aromatic nitrogens is 2. The Balaban J connectivity index is 2.44. The summed E-state index contributed by atoms with van der Waals surface area (Å²) in [4.78, 5) is 11.3. The quantitative estimate of drug-likeness (QED) is 0.592. The van der Waals surface area contributed by atoms with Crippen LogP contribution in [0.2, 0.25) is 0 Å². The zero-order valence-corrected chi connectivity index (χ0v) is 7.00. The third kappa shape index (κ3) is 1.09. The Labute approximate surface area is 70.6 Å². The summed E-state index contributed by atoms with van der Waals surface area (Å²) in [5.41, 5.74) is 1.66. The molecule has 0 spiro atoms. The molecule has 12 heavy (non-hydrogen) atoms. The Morgan fingerprint density at radius 1 is 1.67 bits per heavy atom. The van der Waals surface area contributed by atoms with Crippen LogP contribution >= 0.6 is 0 Å². The van der Waals surface area contributed by atoms with Gasteiger partial charge in [0.15, 0.2) is 5.69 Å². The van der Waals surface area contributed by atoms with Crippen LogP contribution in [0.5, 0.6) is 0 Å². The van der Waals surface area contributed by atoms with Crippen LogP contribution in [0.1, 0.15) is 22.5 Å². The van der Waals surface area contributed by atoms with Gasteiger partial charge in [-0.1, -0.05) is 0 Å². The zero-order valence-electron chi connectivity index (χ0n) is 7.00. The van der Waals surface area contributed by atoms with Gasteiger partial charge in [0.1, 0.15) is 0 Å². The summed E-state index contributed by atoms with van der Waals surface area (Å²) in [7, 11) is 1.84. The van der Waals surface area contributed by atoms with Crippen LogP contribution in [0.4, 0.5) is 0 Å². The maximum absolute atomic E-state index is 11.3. The Bertz CT molecular complexity index is 316. The van der Waals surface area contributed by atoms with Gasteiger partial charge in [0.2, 0.25) is 0 Å². The van der Waals surface area contributed by atoms with Gasteiger partial charge in [-0.3, -0.25) is 9.48 Å². The number of hydrogen-bond donors (Lipinski definition) is 1. The first-order valence-corrected chi connectivity index (χ1v) is 4.08. The molecule has 0 aliphatic carbocycles. The lowest BCUT2D eigenvalue weighted by Crippen LogP contribution is -2.23. The van der Waals surface area contributed by atoms with Crippen molar-refractivity contribution in [1.29, 1.82) is 0 Å². The minimum atomic E-state index is -0.0388. The highest BCUT2D eigenvalue weighted by Crippen LogP contribution is 2.11. The molecule has 2 rings (SSSR count). The maximum Gasteiger partial charge on any atom is 0.272 e. The maximum atomic E-state index is 11.3. The van der Waals surface area contributed by atoms with Gasteiger partial charge >= 0.3 is 0 Å². The predicted octanol–water partition coefficient (Wildman–Crippen LogP) is 0.0961. The normalized spacial score (nSPS) is 16.6. The lowest BCUT2D eigenvalue weighted by molar-refractivity contribution is 0.0950. The summed E-state index contributed by atoms with van der Waals surface area (Å²) in [6.45, 7) is 0.763. The smallest absolute Gasteiger partial charge is 0.272 e. The molecule has 0 fully saturated rings. The van der Waals surface area contributed by atoms with Crippen molar-refractivity contribution in [3.05, 3.63) is 17.5 Å². The van der Waals surface area contributed by atoms with Gasteiger partial charge in [0.05, 0.1) is 0 Å². The summed E-state index contributed by atoms with van der Waals surface area (Å²) >= 11 is 0. The topological polar surface area (TPSA) is 46.9 Å². The highest BCUT2D eigenvalue weighted by Gasteiger charge is 2.17. The summed E-state index contributed by atoms with van der Waals surface area (Å²) in [5, 5.41) is 6.90. The molecule has 1 N–H and O–H groups in total. The van der Waals surface area contributed by atoms with Gasteiger partial charge in [0.25, 0.3) is 5.91 Å². The molecular weight excluding hydrogens is 154 g/mol. The van der Waals surface area contributed by atoms with Gasteiger partial charge in [0, 0.05) is 25.4 Å². The molecule has 0 bridgehead atoms. The van der Waals surface area contributed by atoms with Gasteiger partial charge in [-0.05, 0) is 12.8 Å². The van der Waals surface area contributed by atoms with Crippen molar-refractivity contribution in [2.45, 2.75) is 12.8 Å². The lowest BCUT2D eigenvalue weighted by Gasteiger charge is -1.95. The van der Waals surface area contributed by atoms with Crippen LogP contribution in [0.15, 0.2) is 6.20 Å². The molecule has 1 amide bonds. The second-order valence-corrected chi connectivity index (χ2v) is 3.04. The van der Waals surface area contributed by atoms with Crippen molar-refractivity contribution in [2.75, 3.05) is 6.54 Å². The molecule has 0 aromatic carbocycles. The molecular formula is C8H11N3O.